The van der Waals surface area contributed by atoms with Crippen molar-refractivity contribution in [2.45, 2.75) is 58.8 Å². The van der Waals surface area contributed by atoms with Gasteiger partial charge in [-0.2, -0.15) is 13.2 Å². The summed E-state index contributed by atoms with van der Waals surface area (Å²) in [6.07, 6.45) is 2.60. The molecule has 1 aromatic carbocycles. The van der Waals surface area contributed by atoms with Gasteiger partial charge in [0.15, 0.2) is 0 Å². The van der Waals surface area contributed by atoms with E-state index in [9.17, 15) is 13.2 Å². The first-order chi connectivity index (χ1) is 20.8. The molecule has 4 atom stereocenters. The van der Waals surface area contributed by atoms with Gasteiger partial charge in [-0.15, -0.1) is 0 Å². The fourth-order valence-electron chi connectivity index (χ4n) is 6.61. The van der Waals surface area contributed by atoms with Gasteiger partial charge < -0.3 is 20.4 Å². The van der Waals surface area contributed by atoms with Crippen molar-refractivity contribution >= 4 is 17.3 Å². The van der Waals surface area contributed by atoms with Crippen LogP contribution in [0.15, 0.2) is 60.2 Å². The summed E-state index contributed by atoms with van der Waals surface area (Å²) in [5.74, 6) is 1.20. The summed E-state index contributed by atoms with van der Waals surface area (Å²) in [4.78, 5) is 15.7. The number of hydrogen-bond acceptors (Lipinski definition) is 7. The average Bonchev–Trinajstić information content (AvgIpc) is 3.23. The lowest BCUT2D eigenvalue weighted by molar-refractivity contribution is -0.0893. The molecule has 4 heterocycles. The predicted octanol–water partition coefficient (Wildman–Crippen LogP) is 6.59. The Hall–Kier alpha value is -3.60. The molecule has 3 aliphatic rings. The Morgan fingerprint density at radius 2 is 1.61 bits per heavy atom. The van der Waals surface area contributed by atoms with E-state index in [4.69, 9.17) is 0 Å². The molecule has 2 N–H and O–H groups in total. The molecule has 2 fully saturated rings. The quantitative estimate of drug-likeness (QED) is 0.357. The lowest BCUT2D eigenvalue weighted by Crippen LogP contribution is -2.55. The van der Waals surface area contributed by atoms with Crippen LogP contribution in [-0.4, -0.2) is 72.9 Å². The van der Waals surface area contributed by atoms with Crippen LogP contribution < -0.4 is 20.4 Å². The monoisotopic (exact) mass is 613 g/mol. The van der Waals surface area contributed by atoms with Crippen LogP contribution in [0.25, 0.3) is 11.1 Å². The van der Waals surface area contributed by atoms with E-state index in [0.717, 1.165) is 19.5 Å². The molecule has 0 saturated carbocycles. The SMILES string of the molecule is C=C(Nc1cc(-c2cnc(N3CC(C)CC(C)C3)nc2)c(F)cc1N1CC(C)N(C)C(C)C1)C1=CNCCC=C1C(F)(F)F. The summed E-state index contributed by atoms with van der Waals surface area (Å²) in [5.41, 5.74) is 0.997. The maximum atomic E-state index is 15.9. The third kappa shape index (κ3) is 6.87. The molecule has 4 unspecified atom stereocenters. The van der Waals surface area contributed by atoms with Crippen LogP contribution in [0.2, 0.25) is 0 Å². The number of piperidine rings is 1. The van der Waals surface area contributed by atoms with E-state index in [1.807, 2.05) is 0 Å². The second kappa shape index (κ2) is 12.8. The second-order valence-electron chi connectivity index (χ2n) is 12.8. The number of allylic oxidation sites excluding steroid dienone is 1. The van der Waals surface area contributed by atoms with Gasteiger partial charge in [0.25, 0.3) is 0 Å². The number of rotatable bonds is 6. The zero-order chi connectivity index (χ0) is 31.8. The van der Waals surface area contributed by atoms with E-state index in [-0.39, 0.29) is 35.3 Å². The molecule has 0 amide bonds. The van der Waals surface area contributed by atoms with Gasteiger partial charge in [0, 0.05) is 85.8 Å². The highest BCUT2D eigenvalue weighted by molar-refractivity contribution is 5.81. The second-order valence-corrected chi connectivity index (χ2v) is 12.8. The molecule has 0 aliphatic carbocycles. The van der Waals surface area contributed by atoms with Crippen LogP contribution in [0.5, 0.6) is 0 Å². The topological polar surface area (TPSA) is 59.6 Å². The molecule has 3 aliphatic heterocycles. The van der Waals surface area contributed by atoms with Gasteiger partial charge in [-0.25, -0.2) is 14.4 Å². The first-order valence-electron chi connectivity index (χ1n) is 15.4. The molecule has 0 radical (unpaired) electrons. The molecule has 44 heavy (non-hydrogen) atoms. The van der Waals surface area contributed by atoms with Crippen LogP contribution in [0, 0.1) is 17.7 Å². The molecule has 0 bridgehead atoms. The van der Waals surface area contributed by atoms with Gasteiger partial charge in [-0.1, -0.05) is 26.5 Å². The first-order valence-corrected chi connectivity index (χ1v) is 15.4. The smallest absolute Gasteiger partial charge is 0.390 e. The van der Waals surface area contributed by atoms with Gasteiger partial charge in [0.05, 0.1) is 16.9 Å². The Kier molecular flexibility index (Phi) is 9.25. The molecule has 2 aromatic rings. The molecule has 7 nitrogen and oxygen atoms in total. The number of aromatic nitrogens is 2. The Bertz CT molecular complexity index is 1400. The van der Waals surface area contributed by atoms with Crippen LogP contribution in [0.3, 0.4) is 0 Å². The molecule has 5 rings (SSSR count). The number of halogens is 4. The fraction of sp³-hybridized carbons (Fsp3) is 0.515. The predicted molar refractivity (Wildman–Crippen MR) is 169 cm³/mol. The summed E-state index contributed by atoms with van der Waals surface area (Å²) in [7, 11) is 2.06. The first kappa shape index (κ1) is 31.8. The highest BCUT2D eigenvalue weighted by atomic mass is 19.4. The van der Waals surface area contributed by atoms with Crippen LogP contribution in [0.1, 0.15) is 40.5 Å². The molecule has 238 valence electrons. The van der Waals surface area contributed by atoms with Crippen LogP contribution in [-0.2, 0) is 0 Å². The number of nitrogens with one attached hydrogen (secondary N) is 2. The number of hydrogen-bond donors (Lipinski definition) is 2. The van der Waals surface area contributed by atoms with Gasteiger partial charge in [-0.05, 0) is 57.7 Å². The molecule has 0 spiro atoms. The van der Waals surface area contributed by atoms with Crippen molar-refractivity contribution in [3.8, 4) is 11.1 Å². The standard InChI is InChI=1S/C33H43F4N7/c1-20-10-21(2)17-44(16-20)32-39-13-25(14-40-32)26-11-30(31(12-29(26)34)43-18-22(3)42(6)23(4)19-43)41-24(5)27-15-38-9-7-8-28(27)33(35,36)37/h8,11-15,20-23,38,41H,5,7,9-10,16-19H2,1-4,6H3. The zero-order valence-corrected chi connectivity index (χ0v) is 26.2. The Morgan fingerprint density at radius 3 is 2.23 bits per heavy atom. The van der Waals surface area contributed by atoms with E-state index < -0.39 is 17.6 Å². The van der Waals surface area contributed by atoms with Crippen molar-refractivity contribution in [2.24, 2.45) is 11.8 Å². The number of benzene rings is 1. The lowest BCUT2D eigenvalue weighted by Gasteiger charge is -2.44. The van der Waals surface area contributed by atoms with Crippen molar-refractivity contribution in [1.82, 2.24) is 20.2 Å². The van der Waals surface area contributed by atoms with E-state index in [0.29, 0.717) is 54.4 Å². The largest absolute Gasteiger partial charge is 0.416 e. The third-order valence-electron chi connectivity index (χ3n) is 8.98. The summed E-state index contributed by atoms with van der Waals surface area (Å²) in [5, 5.41) is 6.08. The summed E-state index contributed by atoms with van der Waals surface area (Å²) < 4.78 is 58.0. The maximum absolute atomic E-state index is 15.9. The number of piperazine rings is 1. The van der Waals surface area contributed by atoms with Crippen molar-refractivity contribution in [2.75, 3.05) is 54.9 Å². The number of anilines is 3. The Balaban J connectivity index is 1.51. The molecular weight excluding hydrogens is 570 g/mol. The molecule has 1 aromatic heterocycles. The Labute approximate surface area is 257 Å². The minimum Gasteiger partial charge on any atom is -0.390 e. The number of nitrogens with zero attached hydrogens (tertiary/aromatic N) is 5. The number of alkyl halides is 3. The number of likely N-dealkylation sites (N-methyl/N-ethyl adjacent to an activating group) is 1. The van der Waals surface area contributed by atoms with Crippen molar-refractivity contribution in [1.29, 1.82) is 0 Å². The highest BCUT2D eigenvalue weighted by Crippen LogP contribution is 2.40. The van der Waals surface area contributed by atoms with E-state index in [1.165, 1.54) is 18.3 Å². The van der Waals surface area contributed by atoms with E-state index >= 15 is 4.39 Å². The zero-order valence-electron chi connectivity index (χ0n) is 26.2. The fourth-order valence-corrected chi connectivity index (χ4v) is 6.61. The summed E-state index contributed by atoms with van der Waals surface area (Å²) in [6.45, 7) is 16.0. The summed E-state index contributed by atoms with van der Waals surface area (Å²) in [6, 6.07) is 3.46. The minimum atomic E-state index is -4.55. The normalized spacial score (nSPS) is 25.1. The summed E-state index contributed by atoms with van der Waals surface area (Å²) >= 11 is 0. The third-order valence-corrected chi connectivity index (χ3v) is 8.98. The van der Waals surface area contributed by atoms with Crippen LogP contribution >= 0.6 is 0 Å². The van der Waals surface area contributed by atoms with Gasteiger partial charge in [0.1, 0.15) is 5.82 Å². The lowest BCUT2D eigenvalue weighted by atomic mass is 9.92. The van der Waals surface area contributed by atoms with E-state index in [1.54, 1.807) is 18.5 Å². The minimum absolute atomic E-state index is 0.0666. The van der Waals surface area contributed by atoms with Gasteiger partial charge in [-0.3, -0.25) is 4.90 Å². The van der Waals surface area contributed by atoms with E-state index in [2.05, 4.69) is 76.6 Å². The molecular formula is C33H43F4N7. The maximum Gasteiger partial charge on any atom is 0.416 e. The highest BCUT2D eigenvalue weighted by Gasteiger charge is 2.37. The average molecular weight is 614 g/mol. The van der Waals surface area contributed by atoms with Gasteiger partial charge >= 0.3 is 6.18 Å². The molecule has 11 heteroatoms. The van der Waals surface area contributed by atoms with Crippen molar-refractivity contribution in [3.05, 3.63) is 66.0 Å². The van der Waals surface area contributed by atoms with Crippen LogP contribution in [0.4, 0.5) is 34.9 Å². The van der Waals surface area contributed by atoms with Crippen molar-refractivity contribution in [3.63, 3.8) is 0 Å². The Morgan fingerprint density at radius 1 is 0.977 bits per heavy atom. The van der Waals surface area contributed by atoms with Gasteiger partial charge in [0.2, 0.25) is 5.95 Å². The molecule has 2 saturated heterocycles. The van der Waals surface area contributed by atoms with Crippen molar-refractivity contribution < 1.29 is 17.6 Å².